The molecule has 1 saturated heterocycles. The summed E-state index contributed by atoms with van der Waals surface area (Å²) in [6, 6.07) is 0. The summed E-state index contributed by atoms with van der Waals surface area (Å²) < 4.78 is 0. The van der Waals surface area contributed by atoms with Gasteiger partial charge in [-0.15, -0.1) is 9.89 Å². The Morgan fingerprint density at radius 3 is 2.92 bits per heavy atom. The maximum atomic E-state index is 4.30. The molecule has 5 heteroatoms. The third-order valence-corrected chi connectivity index (χ3v) is 1.83. The van der Waals surface area contributed by atoms with Crippen LogP contribution in [0.25, 0.3) is 0 Å². The molecule has 0 spiro atoms. The summed E-state index contributed by atoms with van der Waals surface area (Å²) in [5.41, 5.74) is 1.19. The first-order chi connectivity index (χ1) is 5.95. The van der Waals surface area contributed by atoms with Gasteiger partial charge < -0.3 is 5.32 Å². The van der Waals surface area contributed by atoms with Crippen molar-refractivity contribution in [3.05, 3.63) is 12.7 Å². The lowest BCUT2D eigenvalue weighted by molar-refractivity contribution is 0.650. The molecule has 0 aromatic carbocycles. The van der Waals surface area contributed by atoms with Crippen LogP contribution < -0.4 is 5.32 Å². The third-order valence-electron chi connectivity index (χ3n) is 1.83. The molecule has 1 N–H and O–H groups in total. The van der Waals surface area contributed by atoms with Crippen LogP contribution in [0.1, 0.15) is 12.8 Å². The lowest BCUT2D eigenvalue weighted by Gasteiger charge is -2.12. The van der Waals surface area contributed by atoms with Gasteiger partial charge in [0, 0.05) is 31.6 Å². The molecule has 0 aliphatic carbocycles. The van der Waals surface area contributed by atoms with Gasteiger partial charge in [-0.3, -0.25) is 0 Å². The predicted molar refractivity (Wildman–Crippen MR) is 45.0 cm³/mol. The van der Waals surface area contributed by atoms with E-state index in [1.54, 1.807) is 6.33 Å². The van der Waals surface area contributed by atoms with Crippen molar-refractivity contribution in [1.29, 1.82) is 0 Å². The molecule has 0 radical (unpaired) electrons. The summed E-state index contributed by atoms with van der Waals surface area (Å²) >= 11 is 0. The lowest BCUT2D eigenvalue weighted by Crippen LogP contribution is -2.28. The van der Waals surface area contributed by atoms with Crippen molar-refractivity contribution in [3.8, 4) is 0 Å². The lowest BCUT2D eigenvalue weighted by atomic mass is 10.1. The monoisotopic (exact) mass is 165 g/mol. The van der Waals surface area contributed by atoms with Crippen LogP contribution in [-0.4, -0.2) is 33.7 Å². The van der Waals surface area contributed by atoms with E-state index in [-0.39, 0.29) is 0 Å². The number of hydrogen-bond acceptors (Lipinski definition) is 4. The highest BCUT2D eigenvalue weighted by molar-refractivity contribution is 5.85. The van der Waals surface area contributed by atoms with Gasteiger partial charge in [0.15, 0.2) is 0 Å². The van der Waals surface area contributed by atoms with Gasteiger partial charge in [-0.2, -0.15) is 5.10 Å². The normalized spacial score (nSPS) is 17.8. The van der Waals surface area contributed by atoms with Crippen molar-refractivity contribution in [2.75, 3.05) is 13.1 Å². The molecule has 1 aromatic heterocycles. The molecular formula is C7H11N5. The SMILES string of the molecule is c1ncn(N=C2CCNCC2)n1. The number of aromatic nitrogens is 3. The van der Waals surface area contributed by atoms with Gasteiger partial charge in [0.1, 0.15) is 12.7 Å². The first-order valence-corrected chi connectivity index (χ1v) is 4.07. The zero-order valence-electron chi connectivity index (χ0n) is 6.77. The van der Waals surface area contributed by atoms with E-state index in [2.05, 4.69) is 20.5 Å². The van der Waals surface area contributed by atoms with Crippen molar-refractivity contribution < 1.29 is 0 Å². The van der Waals surface area contributed by atoms with Crippen LogP contribution in [0.2, 0.25) is 0 Å². The van der Waals surface area contributed by atoms with E-state index in [0.717, 1.165) is 25.9 Å². The molecule has 1 aliphatic heterocycles. The van der Waals surface area contributed by atoms with Crippen molar-refractivity contribution in [1.82, 2.24) is 20.2 Å². The van der Waals surface area contributed by atoms with E-state index in [9.17, 15) is 0 Å². The Labute approximate surface area is 70.5 Å². The van der Waals surface area contributed by atoms with E-state index in [1.165, 1.54) is 16.8 Å². The van der Waals surface area contributed by atoms with Gasteiger partial charge in [-0.05, 0) is 0 Å². The molecule has 0 unspecified atom stereocenters. The number of nitrogens with one attached hydrogen (secondary N) is 1. The first-order valence-electron chi connectivity index (χ1n) is 4.07. The number of piperidine rings is 1. The van der Waals surface area contributed by atoms with Gasteiger partial charge in [0.2, 0.25) is 0 Å². The Hall–Kier alpha value is -1.23. The maximum Gasteiger partial charge on any atom is 0.139 e. The smallest absolute Gasteiger partial charge is 0.139 e. The molecule has 0 saturated carbocycles. The average molecular weight is 165 g/mol. The molecule has 0 bridgehead atoms. The number of nitrogens with zero attached hydrogens (tertiary/aromatic N) is 4. The van der Waals surface area contributed by atoms with E-state index in [4.69, 9.17) is 0 Å². The Bertz CT molecular complexity index is 255. The second-order valence-corrected chi connectivity index (χ2v) is 2.73. The molecule has 64 valence electrons. The van der Waals surface area contributed by atoms with Crippen molar-refractivity contribution >= 4 is 5.71 Å². The highest BCUT2D eigenvalue weighted by atomic mass is 15.5. The molecule has 1 aliphatic rings. The quantitative estimate of drug-likeness (QED) is 0.630. The molecule has 0 atom stereocenters. The van der Waals surface area contributed by atoms with Gasteiger partial charge in [-0.1, -0.05) is 0 Å². The highest BCUT2D eigenvalue weighted by Crippen LogP contribution is 1.98. The first kappa shape index (κ1) is 7.42. The molecule has 2 rings (SSSR count). The summed E-state index contributed by atoms with van der Waals surface area (Å²) in [6.45, 7) is 2.04. The van der Waals surface area contributed by atoms with E-state index >= 15 is 0 Å². The van der Waals surface area contributed by atoms with E-state index in [0.29, 0.717) is 0 Å². The van der Waals surface area contributed by atoms with Gasteiger partial charge in [0.25, 0.3) is 0 Å². The number of hydrogen-bond donors (Lipinski definition) is 1. The van der Waals surface area contributed by atoms with Crippen molar-refractivity contribution in [3.63, 3.8) is 0 Å². The fourth-order valence-corrected chi connectivity index (χ4v) is 1.21. The van der Waals surface area contributed by atoms with Crippen LogP contribution in [0.15, 0.2) is 17.8 Å². The van der Waals surface area contributed by atoms with Crippen LogP contribution >= 0.6 is 0 Å². The third kappa shape index (κ3) is 1.68. The Morgan fingerprint density at radius 2 is 2.25 bits per heavy atom. The molecule has 2 heterocycles. The minimum atomic E-state index is 1.01. The van der Waals surface area contributed by atoms with Crippen molar-refractivity contribution in [2.45, 2.75) is 12.8 Å². The summed E-state index contributed by atoms with van der Waals surface area (Å²) in [4.78, 5) is 5.33. The van der Waals surface area contributed by atoms with Gasteiger partial charge in [-0.25, -0.2) is 4.98 Å². The largest absolute Gasteiger partial charge is 0.316 e. The van der Waals surface area contributed by atoms with E-state index in [1.807, 2.05) is 0 Å². The zero-order valence-corrected chi connectivity index (χ0v) is 6.77. The second kappa shape index (κ2) is 3.44. The summed E-state index contributed by atoms with van der Waals surface area (Å²) in [7, 11) is 0. The van der Waals surface area contributed by atoms with Gasteiger partial charge >= 0.3 is 0 Å². The maximum absolute atomic E-state index is 4.30. The van der Waals surface area contributed by atoms with Crippen LogP contribution in [0.4, 0.5) is 0 Å². The van der Waals surface area contributed by atoms with Crippen molar-refractivity contribution in [2.24, 2.45) is 5.10 Å². The minimum Gasteiger partial charge on any atom is -0.316 e. The summed E-state index contributed by atoms with van der Waals surface area (Å²) in [6.07, 6.45) is 5.12. The van der Waals surface area contributed by atoms with Gasteiger partial charge in [0.05, 0.1) is 0 Å². The molecule has 0 amide bonds. The molecule has 5 nitrogen and oxygen atoms in total. The Morgan fingerprint density at radius 1 is 1.42 bits per heavy atom. The standard InChI is InChI=1S/C7H11N5/c1-3-8-4-2-7(1)11-12-6-9-5-10-12/h5-6,8H,1-4H2. The summed E-state index contributed by atoms with van der Waals surface area (Å²) in [5, 5.41) is 11.5. The Balaban J connectivity index is 2.07. The van der Waals surface area contributed by atoms with E-state index < -0.39 is 0 Å². The summed E-state index contributed by atoms with van der Waals surface area (Å²) in [5.74, 6) is 0. The average Bonchev–Trinajstić information content (AvgIpc) is 2.59. The topological polar surface area (TPSA) is 55.1 Å². The van der Waals surface area contributed by atoms with Crippen LogP contribution in [0.5, 0.6) is 0 Å². The zero-order chi connectivity index (χ0) is 8.23. The highest BCUT2D eigenvalue weighted by Gasteiger charge is 2.05. The molecule has 1 fully saturated rings. The minimum absolute atomic E-state index is 1.01. The van der Waals surface area contributed by atoms with Crippen LogP contribution in [0.3, 0.4) is 0 Å². The molecular weight excluding hydrogens is 154 g/mol. The number of rotatable bonds is 1. The Kier molecular flexibility index (Phi) is 2.13. The second-order valence-electron chi connectivity index (χ2n) is 2.73. The molecule has 1 aromatic rings. The predicted octanol–water partition coefficient (Wildman–Crippen LogP) is -0.134. The van der Waals surface area contributed by atoms with Crippen LogP contribution in [0, 0.1) is 0 Å². The molecule has 12 heavy (non-hydrogen) atoms. The fraction of sp³-hybridized carbons (Fsp3) is 0.571. The van der Waals surface area contributed by atoms with Crippen LogP contribution in [-0.2, 0) is 0 Å². The fourth-order valence-electron chi connectivity index (χ4n) is 1.21.